The van der Waals surface area contributed by atoms with Crippen molar-refractivity contribution >= 4 is 18.3 Å². The van der Waals surface area contributed by atoms with E-state index in [-0.39, 0.29) is 38.1 Å². The monoisotopic (exact) mass is 895 g/mol. The standard InChI is InChI=1S/C46H61N3O15/c1-25-19-31(51)41(58-33(25)22-50)62-42-34-38(61-45(54)49(34)3)37-32(57-42)20-26(2)40(60-37)59-35-29(47-43(52)55-23-27-13-7-4-8-14-27)21-30(48-44(53)56-24-28-15-9-5-10-16-28)36-39(35)64-46(63-36)17-11-6-12-18-46/h4-5,7-10,13-16,25-26,29-42,50-51H,6,11-12,17-24H2,1-3H3,(H,47,52)(H,48,53)/t25-,26?,29?,30+,31?,32-,33?,34?,35+,36?,37?,38?,39-,40-,41+,42?/m0/s1. The Hall–Kier alpha value is -4.11. The Bertz CT molecular complexity index is 1910. The normalized spacial score (nSPS) is 38.9. The molecule has 2 saturated carbocycles. The van der Waals surface area contributed by atoms with Crippen LogP contribution in [-0.4, -0.2) is 139 Å². The Morgan fingerprint density at radius 1 is 0.734 bits per heavy atom. The summed E-state index contributed by atoms with van der Waals surface area (Å²) in [6.45, 7) is 3.70. The summed E-state index contributed by atoms with van der Waals surface area (Å²) >= 11 is 0. The van der Waals surface area contributed by atoms with Crippen LogP contribution in [0, 0.1) is 11.8 Å². The van der Waals surface area contributed by atoms with Crippen LogP contribution in [0.25, 0.3) is 0 Å². The lowest BCUT2D eigenvalue weighted by atomic mass is 9.83. The van der Waals surface area contributed by atoms with Crippen LogP contribution in [0.1, 0.15) is 76.3 Å². The summed E-state index contributed by atoms with van der Waals surface area (Å²) in [5.41, 5.74) is 1.64. The Labute approximate surface area is 372 Å². The zero-order valence-electron chi connectivity index (χ0n) is 36.4. The second kappa shape index (κ2) is 19.4. The fraction of sp³-hybridized carbons (Fsp3) is 0.674. The van der Waals surface area contributed by atoms with Crippen molar-refractivity contribution in [2.24, 2.45) is 11.8 Å². The molecular formula is C46H61N3O15. The maximum absolute atomic E-state index is 13.7. The molecule has 2 aromatic carbocycles. The summed E-state index contributed by atoms with van der Waals surface area (Å²) in [6.07, 6.45) is -5.96. The summed E-state index contributed by atoms with van der Waals surface area (Å²) in [6, 6.07) is 16.5. The van der Waals surface area contributed by atoms with E-state index in [1.807, 2.05) is 74.5 Å². The minimum absolute atomic E-state index is 0.0341. The number of nitrogens with zero attached hydrogens (tertiary/aromatic N) is 1. The number of carbonyl (C=O) groups excluding carboxylic acids is 3. The molecule has 5 aliphatic heterocycles. The van der Waals surface area contributed by atoms with Gasteiger partial charge in [0.25, 0.3) is 0 Å². The minimum Gasteiger partial charge on any atom is -0.445 e. The van der Waals surface area contributed by atoms with E-state index in [1.54, 1.807) is 7.05 Å². The van der Waals surface area contributed by atoms with E-state index in [1.165, 1.54) is 4.90 Å². The SMILES string of the molecule is CC1C[C@@H]2OC(O[C@H]3OC(CO)[C@@H](C)CC3O)C3C(OC(=O)N3C)C2O[C@@H]1O[C@@H]1C(NC(=O)OCc2ccccc2)C[C@@H](NC(=O)OCc2ccccc2)C2OC3(CCCCC3)O[C@H]21. The van der Waals surface area contributed by atoms with E-state index in [2.05, 4.69) is 10.6 Å². The first-order chi connectivity index (χ1) is 31.0. The maximum Gasteiger partial charge on any atom is 0.410 e. The molecule has 5 heterocycles. The third-order valence-corrected chi connectivity index (χ3v) is 13.9. The molecule has 0 bridgehead atoms. The molecule has 16 atom stereocenters. The van der Waals surface area contributed by atoms with E-state index in [9.17, 15) is 24.6 Å². The molecule has 7 aliphatic rings. The largest absolute Gasteiger partial charge is 0.445 e. The first-order valence-electron chi connectivity index (χ1n) is 22.8. The molecule has 18 nitrogen and oxygen atoms in total. The molecule has 0 aromatic heterocycles. The van der Waals surface area contributed by atoms with Crippen LogP contribution in [0.2, 0.25) is 0 Å². The molecule has 64 heavy (non-hydrogen) atoms. The molecule has 350 valence electrons. The van der Waals surface area contributed by atoms with E-state index in [0.29, 0.717) is 25.7 Å². The van der Waals surface area contributed by atoms with Crippen molar-refractivity contribution < 1.29 is 72.0 Å². The van der Waals surface area contributed by atoms with Crippen LogP contribution in [0.3, 0.4) is 0 Å². The lowest BCUT2D eigenvalue weighted by Gasteiger charge is -2.51. The number of hydrogen-bond acceptors (Lipinski definition) is 15. The van der Waals surface area contributed by atoms with E-state index in [4.69, 9.17) is 47.4 Å². The van der Waals surface area contributed by atoms with Gasteiger partial charge in [-0.25, -0.2) is 14.4 Å². The summed E-state index contributed by atoms with van der Waals surface area (Å²) < 4.78 is 63.7. The van der Waals surface area contributed by atoms with Gasteiger partial charge in [-0.3, -0.25) is 4.90 Å². The van der Waals surface area contributed by atoms with Gasteiger partial charge < -0.3 is 68.2 Å². The van der Waals surface area contributed by atoms with Gasteiger partial charge >= 0.3 is 18.3 Å². The van der Waals surface area contributed by atoms with Crippen molar-refractivity contribution in [1.29, 1.82) is 0 Å². The van der Waals surface area contributed by atoms with Gasteiger partial charge in [0.2, 0.25) is 0 Å². The molecular weight excluding hydrogens is 835 g/mol. The number of likely N-dealkylation sites (N-methyl/N-ethyl adjacent to an activating group) is 1. The van der Waals surface area contributed by atoms with Crippen molar-refractivity contribution in [2.75, 3.05) is 13.7 Å². The van der Waals surface area contributed by atoms with E-state index < -0.39 is 110 Å². The molecule has 2 aliphatic carbocycles. The van der Waals surface area contributed by atoms with Crippen LogP contribution in [0.4, 0.5) is 14.4 Å². The Kier molecular flexibility index (Phi) is 13.7. The molecule has 9 unspecified atom stereocenters. The summed E-state index contributed by atoms with van der Waals surface area (Å²) in [5, 5.41) is 26.9. The van der Waals surface area contributed by atoms with Crippen LogP contribution in [0.5, 0.6) is 0 Å². The Balaban J connectivity index is 0.954. The van der Waals surface area contributed by atoms with E-state index >= 15 is 0 Å². The van der Waals surface area contributed by atoms with E-state index in [0.717, 1.165) is 30.4 Å². The average Bonchev–Trinajstić information content (AvgIpc) is 3.81. The van der Waals surface area contributed by atoms with Crippen molar-refractivity contribution in [3.05, 3.63) is 71.8 Å². The van der Waals surface area contributed by atoms with Crippen LogP contribution >= 0.6 is 0 Å². The number of rotatable bonds is 11. The first-order valence-corrected chi connectivity index (χ1v) is 22.8. The fourth-order valence-electron chi connectivity index (χ4n) is 10.4. The molecule has 4 N–H and O–H groups in total. The molecule has 5 saturated heterocycles. The topological polar surface area (TPSA) is 211 Å². The highest BCUT2D eigenvalue weighted by molar-refractivity contribution is 5.71. The highest BCUT2D eigenvalue weighted by atomic mass is 16.8. The zero-order chi connectivity index (χ0) is 44.5. The molecule has 1 spiro atoms. The van der Waals surface area contributed by atoms with Gasteiger partial charge in [-0.1, -0.05) is 80.9 Å². The number of alkyl carbamates (subject to hydrolysis) is 2. The number of ether oxygens (including phenoxy) is 10. The predicted octanol–water partition coefficient (Wildman–Crippen LogP) is 4.23. The van der Waals surface area contributed by atoms with Gasteiger partial charge in [0, 0.05) is 25.8 Å². The Morgan fingerprint density at radius 2 is 1.38 bits per heavy atom. The molecule has 3 amide bonds. The molecule has 2 aromatic rings. The summed E-state index contributed by atoms with van der Waals surface area (Å²) in [7, 11) is 1.58. The number of aliphatic hydroxyl groups is 2. The van der Waals surface area contributed by atoms with Crippen LogP contribution < -0.4 is 10.6 Å². The number of aliphatic hydroxyl groups excluding tert-OH is 2. The molecule has 18 heteroatoms. The van der Waals surface area contributed by atoms with Gasteiger partial charge in [0.1, 0.15) is 49.8 Å². The predicted molar refractivity (Wildman–Crippen MR) is 222 cm³/mol. The van der Waals surface area contributed by atoms with Gasteiger partial charge in [0.05, 0.1) is 30.9 Å². The van der Waals surface area contributed by atoms with Crippen molar-refractivity contribution in [2.45, 2.75) is 170 Å². The van der Waals surface area contributed by atoms with Crippen molar-refractivity contribution in [3.8, 4) is 0 Å². The summed E-state index contributed by atoms with van der Waals surface area (Å²) in [5.74, 6) is -1.31. The lowest BCUT2D eigenvalue weighted by Crippen LogP contribution is -2.67. The zero-order valence-corrected chi connectivity index (χ0v) is 36.4. The minimum atomic E-state index is -1.11. The van der Waals surface area contributed by atoms with Gasteiger partial charge in [-0.2, -0.15) is 0 Å². The number of benzene rings is 2. The summed E-state index contributed by atoms with van der Waals surface area (Å²) in [4.78, 5) is 41.7. The highest BCUT2D eigenvalue weighted by Crippen LogP contribution is 2.48. The molecule has 9 rings (SSSR count). The van der Waals surface area contributed by atoms with Gasteiger partial charge in [-0.05, 0) is 49.1 Å². The first kappa shape index (κ1) is 45.1. The Morgan fingerprint density at radius 3 is 2.03 bits per heavy atom. The third kappa shape index (κ3) is 9.57. The maximum atomic E-state index is 13.7. The number of hydrogen-bond donors (Lipinski definition) is 4. The second-order valence-electron chi connectivity index (χ2n) is 18.4. The van der Waals surface area contributed by atoms with Crippen LogP contribution in [0.15, 0.2) is 60.7 Å². The average molecular weight is 896 g/mol. The van der Waals surface area contributed by atoms with Crippen LogP contribution in [-0.2, 0) is 60.6 Å². The number of fused-ring (bicyclic) bond motifs is 4. The number of amides is 3. The molecule has 7 fully saturated rings. The second-order valence-corrected chi connectivity index (χ2v) is 18.4. The highest BCUT2D eigenvalue weighted by Gasteiger charge is 2.62. The number of nitrogens with one attached hydrogen (secondary N) is 2. The smallest absolute Gasteiger partial charge is 0.410 e. The van der Waals surface area contributed by atoms with Gasteiger partial charge in [0.15, 0.2) is 30.8 Å². The van der Waals surface area contributed by atoms with Gasteiger partial charge in [-0.15, -0.1) is 0 Å². The van der Waals surface area contributed by atoms with Crippen molar-refractivity contribution in [3.63, 3.8) is 0 Å². The lowest BCUT2D eigenvalue weighted by molar-refractivity contribution is -0.371. The third-order valence-electron chi connectivity index (χ3n) is 13.9. The fourth-order valence-corrected chi connectivity index (χ4v) is 10.4. The molecule has 0 radical (unpaired) electrons. The van der Waals surface area contributed by atoms with Crippen molar-refractivity contribution in [1.82, 2.24) is 15.5 Å². The number of carbonyl (C=O) groups is 3. The quantitative estimate of drug-likeness (QED) is 0.233.